The third-order valence-electron chi connectivity index (χ3n) is 3.42. The van der Waals surface area contributed by atoms with E-state index in [9.17, 15) is 13.2 Å². The molecule has 0 bridgehead atoms. The standard InChI is InChI=1S/C14H16ClF3O/c15-13(11-2-1-7-19-9-11)8-10-3-5-12(6-4-10)14(16,17)18/h3-6,11,13H,1-2,7-9H2. The van der Waals surface area contributed by atoms with E-state index in [0.717, 1.165) is 37.1 Å². The van der Waals surface area contributed by atoms with Crippen LogP contribution in [-0.2, 0) is 17.3 Å². The molecule has 0 radical (unpaired) electrons. The van der Waals surface area contributed by atoms with E-state index in [4.69, 9.17) is 16.3 Å². The number of rotatable bonds is 3. The Morgan fingerprint density at radius 2 is 1.95 bits per heavy atom. The normalized spacial score (nSPS) is 22.2. The summed E-state index contributed by atoms with van der Waals surface area (Å²) < 4.78 is 42.7. The van der Waals surface area contributed by atoms with E-state index in [-0.39, 0.29) is 11.3 Å². The zero-order valence-corrected chi connectivity index (χ0v) is 11.2. The Morgan fingerprint density at radius 3 is 2.47 bits per heavy atom. The molecule has 2 rings (SSSR count). The van der Waals surface area contributed by atoms with E-state index >= 15 is 0 Å². The zero-order chi connectivity index (χ0) is 13.9. The van der Waals surface area contributed by atoms with Crippen LogP contribution < -0.4 is 0 Å². The number of halogens is 4. The van der Waals surface area contributed by atoms with Crippen molar-refractivity contribution in [3.8, 4) is 0 Å². The fourth-order valence-electron chi connectivity index (χ4n) is 2.27. The molecule has 1 nitrogen and oxygen atoms in total. The highest BCUT2D eigenvalue weighted by atomic mass is 35.5. The first-order valence-electron chi connectivity index (χ1n) is 6.35. The molecule has 1 saturated heterocycles. The quantitative estimate of drug-likeness (QED) is 0.756. The summed E-state index contributed by atoms with van der Waals surface area (Å²) in [6.45, 7) is 1.43. The van der Waals surface area contributed by atoms with Gasteiger partial charge in [-0.1, -0.05) is 12.1 Å². The van der Waals surface area contributed by atoms with Crippen LogP contribution in [0.25, 0.3) is 0 Å². The second kappa shape index (κ2) is 6.14. The highest BCUT2D eigenvalue weighted by molar-refractivity contribution is 6.20. The van der Waals surface area contributed by atoms with Crippen molar-refractivity contribution in [3.05, 3.63) is 35.4 Å². The van der Waals surface area contributed by atoms with Gasteiger partial charge in [-0.3, -0.25) is 0 Å². The fraction of sp³-hybridized carbons (Fsp3) is 0.571. The van der Waals surface area contributed by atoms with Gasteiger partial charge in [0.05, 0.1) is 12.2 Å². The van der Waals surface area contributed by atoms with Crippen LogP contribution in [0.2, 0.25) is 0 Å². The molecule has 0 aromatic heterocycles. The molecule has 0 saturated carbocycles. The molecular formula is C14H16ClF3O. The van der Waals surface area contributed by atoms with Crippen molar-refractivity contribution < 1.29 is 17.9 Å². The van der Waals surface area contributed by atoms with E-state index in [1.807, 2.05) is 0 Å². The monoisotopic (exact) mass is 292 g/mol. The van der Waals surface area contributed by atoms with Gasteiger partial charge in [0, 0.05) is 12.0 Å². The maximum Gasteiger partial charge on any atom is 0.416 e. The lowest BCUT2D eigenvalue weighted by Gasteiger charge is -2.26. The number of hydrogen-bond acceptors (Lipinski definition) is 1. The van der Waals surface area contributed by atoms with Crippen molar-refractivity contribution in [1.29, 1.82) is 0 Å². The highest BCUT2D eigenvalue weighted by Crippen LogP contribution is 2.30. The van der Waals surface area contributed by atoms with Crippen molar-refractivity contribution in [1.82, 2.24) is 0 Å². The summed E-state index contributed by atoms with van der Waals surface area (Å²) in [4.78, 5) is 0. The highest BCUT2D eigenvalue weighted by Gasteiger charge is 2.30. The van der Waals surface area contributed by atoms with Gasteiger partial charge in [-0.2, -0.15) is 13.2 Å². The minimum atomic E-state index is -4.28. The third-order valence-corrected chi connectivity index (χ3v) is 3.93. The average Bonchev–Trinajstić information content (AvgIpc) is 2.39. The Kier molecular flexibility index (Phi) is 4.74. The van der Waals surface area contributed by atoms with E-state index in [1.165, 1.54) is 12.1 Å². The summed E-state index contributed by atoms with van der Waals surface area (Å²) in [5.74, 6) is 0.290. The molecule has 106 valence electrons. The van der Waals surface area contributed by atoms with Gasteiger partial charge in [-0.15, -0.1) is 11.6 Å². The SMILES string of the molecule is FC(F)(F)c1ccc(CC(Cl)C2CCCOC2)cc1. The van der Waals surface area contributed by atoms with Gasteiger partial charge in [-0.05, 0) is 42.9 Å². The van der Waals surface area contributed by atoms with E-state index in [0.29, 0.717) is 13.0 Å². The molecule has 1 aliphatic rings. The molecule has 1 aromatic rings. The summed E-state index contributed by atoms with van der Waals surface area (Å²) in [5, 5.41) is -0.0861. The summed E-state index contributed by atoms with van der Waals surface area (Å²) in [6.07, 6.45) is -1.68. The second-order valence-corrected chi connectivity index (χ2v) is 5.45. The van der Waals surface area contributed by atoms with Crippen LogP contribution in [0.15, 0.2) is 24.3 Å². The Balaban J connectivity index is 1.95. The summed E-state index contributed by atoms with van der Waals surface area (Å²) in [7, 11) is 0. The Labute approximate surface area is 115 Å². The Hall–Kier alpha value is -0.740. The molecule has 1 heterocycles. The number of alkyl halides is 4. The van der Waals surface area contributed by atoms with Crippen molar-refractivity contribution >= 4 is 11.6 Å². The molecule has 2 atom stereocenters. The first kappa shape index (κ1) is 14.7. The van der Waals surface area contributed by atoms with Gasteiger partial charge in [0.15, 0.2) is 0 Å². The molecule has 5 heteroatoms. The maximum absolute atomic E-state index is 12.4. The van der Waals surface area contributed by atoms with Gasteiger partial charge in [0.1, 0.15) is 0 Å². The van der Waals surface area contributed by atoms with Gasteiger partial charge >= 0.3 is 6.18 Å². The van der Waals surface area contributed by atoms with Crippen molar-refractivity contribution in [2.45, 2.75) is 30.8 Å². The lowest BCUT2D eigenvalue weighted by Crippen LogP contribution is -2.27. The zero-order valence-electron chi connectivity index (χ0n) is 10.4. The average molecular weight is 293 g/mol. The number of hydrogen-bond donors (Lipinski definition) is 0. The predicted molar refractivity (Wildman–Crippen MR) is 68.3 cm³/mol. The maximum atomic E-state index is 12.4. The first-order chi connectivity index (χ1) is 8.97. The number of benzene rings is 1. The van der Waals surface area contributed by atoms with Crippen LogP contribution in [0, 0.1) is 5.92 Å². The van der Waals surface area contributed by atoms with Crippen molar-refractivity contribution in [2.75, 3.05) is 13.2 Å². The molecular weight excluding hydrogens is 277 g/mol. The molecule has 19 heavy (non-hydrogen) atoms. The largest absolute Gasteiger partial charge is 0.416 e. The van der Waals surface area contributed by atoms with Crippen LogP contribution in [-0.4, -0.2) is 18.6 Å². The molecule has 0 spiro atoms. The third kappa shape index (κ3) is 4.11. The van der Waals surface area contributed by atoms with Crippen molar-refractivity contribution in [2.24, 2.45) is 5.92 Å². The second-order valence-electron chi connectivity index (χ2n) is 4.89. The lowest BCUT2D eigenvalue weighted by atomic mass is 9.93. The molecule has 2 unspecified atom stereocenters. The molecule has 0 aliphatic carbocycles. The van der Waals surface area contributed by atoms with Crippen LogP contribution in [0.4, 0.5) is 13.2 Å². The van der Waals surface area contributed by atoms with E-state index in [2.05, 4.69) is 0 Å². The van der Waals surface area contributed by atoms with E-state index < -0.39 is 11.7 Å². The predicted octanol–water partition coefficient (Wildman–Crippen LogP) is 4.28. The van der Waals surface area contributed by atoms with Gasteiger partial charge in [0.2, 0.25) is 0 Å². The molecule has 1 fully saturated rings. The van der Waals surface area contributed by atoms with Gasteiger partial charge in [-0.25, -0.2) is 0 Å². The minimum absolute atomic E-state index is 0.0861. The van der Waals surface area contributed by atoms with Crippen LogP contribution in [0.3, 0.4) is 0 Å². The topological polar surface area (TPSA) is 9.23 Å². The fourth-order valence-corrected chi connectivity index (χ4v) is 2.65. The molecule has 0 amide bonds. The van der Waals surface area contributed by atoms with Crippen LogP contribution >= 0.6 is 11.6 Å². The van der Waals surface area contributed by atoms with Crippen LogP contribution in [0.1, 0.15) is 24.0 Å². The van der Waals surface area contributed by atoms with Gasteiger partial charge in [0.25, 0.3) is 0 Å². The smallest absolute Gasteiger partial charge is 0.381 e. The number of ether oxygens (including phenoxy) is 1. The van der Waals surface area contributed by atoms with Gasteiger partial charge < -0.3 is 4.74 Å². The van der Waals surface area contributed by atoms with Crippen molar-refractivity contribution in [3.63, 3.8) is 0 Å². The van der Waals surface area contributed by atoms with E-state index in [1.54, 1.807) is 0 Å². The van der Waals surface area contributed by atoms with Crippen LogP contribution in [0.5, 0.6) is 0 Å². The summed E-state index contributed by atoms with van der Waals surface area (Å²) in [5.41, 5.74) is 0.210. The minimum Gasteiger partial charge on any atom is -0.381 e. The Bertz CT molecular complexity index is 396. The lowest BCUT2D eigenvalue weighted by molar-refractivity contribution is -0.137. The summed E-state index contributed by atoms with van der Waals surface area (Å²) >= 11 is 6.32. The Morgan fingerprint density at radius 1 is 1.26 bits per heavy atom. The summed E-state index contributed by atoms with van der Waals surface area (Å²) in [6, 6.07) is 5.22. The molecule has 1 aliphatic heterocycles. The molecule has 1 aromatic carbocycles. The first-order valence-corrected chi connectivity index (χ1v) is 6.78. The molecule has 0 N–H and O–H groups in total.